The van der Waals surface area contributed by atoms with Crippen LogP contribution in [-0.4, -0.2) is 21.9 Å². The molecule has 3 rings (SSSR count). The van der Waals surface area contributed by atoms with Gasteiger partial charge in [0.25, 0.3) is 5.56 Å². The number of methoxy groups -OCH3 is 1. The Balaban J connectivity index is 0.000000225. The van der Waals surface area contributed by atoms with E-state index in [1.807, 2.05) is 18.2 Å². The summed E-state index contributed by atoms with van der Waals surface area (Å²) in [6.45, 7) is 0. The average molecular weight is 279 g/mol. The van der Waals surface area contributed by atoms with Crippen LogP contribution in [0.5, 0.6) is 5.75 Å². The monoisotopic (exact) mass is 279 g/mol. The number of benzene rings is 1. The number of hydrogen-bond donors (Lipinski definition) is 0. The van der Waals surface area contributed by atoms with E-state index in [0.29, 0.717) is 16.5 Å². The van der Waals surface area contributed by atoms with Crippen LogP contribution >= 0.6 is 0 Å². The predicted octanol–water partition coefficient (Wildman–Crippen LogP) is 1.93. The third-order valence-corrected chi connectivity index (χ3v) is 2.68. The van der Waals surface area contributed by atoms with Crippen molar-refractivity contribution in [2.75, 3.05) is 7.11 Å². The molecule has 0 bridgehead atoms. The van der Waals surface area contributed by atoms with Crippen LogP contribution < -0.4 is 10.3 Å². The van der Waals surface area contributed by atoms with E-state index in [2.05, 4.69) is 16.1 Å². The molecular weight excluding hydrogens is 266 g/mol. The van der Waals surface area contributed by atoms with Gasteiger partial charge >= 0.3 is 0 Å². The molecule has 0 aliphatic heterocycles. The summed E-state index contributed by atoms with van der Waals surface area (Å²) < 4.78 is 6.01. The highest BCUT2D eigenvalue weighted by Gasteiger charge is 2.03. The Kier molecular flexibility index (Phi) is 4.67. The van der Waals surface area contributed by atoms with Gasteiger partial charge in [-0.15, -0.1) is 0 Å². The quantitative estimate of drug-likeness (QED) is 0.639. The van der Waals surface area contributed by atoms with Crippen molar-refractivity contribution >= 4 is 10.8 Å². The fourth-order valence-electron chi connectivity index (χ4n) is 1.66. The van der Waals surface area contributed by atoms with Crippen LogP contribution in [0, 0.1) is 12.5 Å². The number of hydrogen-bond acceptors (Lipinski definition) is 4. The average Bonchev–Trinajstić information content (AvgIpc) is 2.57. The number of pyridine rings is 1. The Morgan fingerprint density at radius 1 is 1.24 bits per heavy atom. The van der Waals surface area contributed by atoms with Gasteiger partial charge in [0.05, 0.1) is 18.7 Å². The lowest BCUT2D eigenvalue weighted by atomic mass is 10.2. The highest BCUT2D eigenvalue weighted by molar-refractivity contribution is 5.82. The molecule has 0 unspecified atom stereocenters. The molecule has 0 spiro atoms. The summed E-state index contributed by atoms with van der Waals surface area (Å²) in [4.78, 5) is 15.5. The van der Waals surface area contributed by atoms with Gasteiger partial charge in [0.2, 0.25) is 0 Å². The SMILES string of the molecule is C#Cn1ncc2cc(OC)ccc2c1=O.c1ccncc1. The second-order valence-corrected chi connectivity index (χ2v) is 3.97. The molecule has 0 amide bonds. The second kappa shape index (κ2) is 6.87. The molecule has 104 valence electrons. The zero-order chi connectivity index (χ0) is 15.1. The molecule has 0 atom stereocenters. The number of ether oxygens (including phenoxy) is 1. The molecule has 0 saturated carbocycles. The predicted molar refractivity (Wildman–Crippen MR) is 81.0 cm³/mol. The van der Waals surface area contributed by atoms with E-state index in [1.165, 1.54) is 0 Å². The van der Waals surface area contributed by atoms with Gasteiger partial charge < -0.3 is 4.74 Å². The number of nitrogens with zero attached hydrogens (tertiary/aromatic N) is 3. The van der Waals surface area contributed by atoms with Crippen molar-refractivity contribution in [1.82, 2.24) is 14.8 Å². The van der Waals surface area contributed by atoms with E-state index in [1.54, 1.807) is 43.9 Å². The van der Waals surface area contributed by atoms with Crippen molar-refractivity contribution in [2.45, 2.75) is 0 Å². The fourth-order valence-corrected chi connectivity index (χ4v) is 1.66. The summed E-state index contributed by atoms with van der Waals surface area (Å²) in [6.07, 6.45) is 10.2. The molecule has 0 aliphatic rings. The van der Waals surface area contributed by atoms with Gasteiger partial charge in [0.15, 0.2) is 0 Å². The van der Waals surface area contributed by atoms with E-state index < -0.39 is 0 Å². The summed E-state index contributed by atoms with van der Waals surface area (Å²) in [5.41, 5.74) is -0.294. The van der Waals surface area contributed by atoms with Gasteiger partial charge in [0, 0.05) is 23.8 Å². The molecule has 0 aliphatic carbocycles. The van der Waals surface area contributed by atoms with Gasteiger partial charge in [-0.05, 0) is 30.3 Å². The summed E-state index contributed by atoms with van der Waals surface area (Å²) in [7, 11) is 1.57. The van der Waals surface area contributed by atoms with Gasteiger partial charge in [-0.1, -0.05) is 12.5 Å². The minimum absolute atomic E-state index is 0.294. The van der Waals surface area contributed by atoms with E-state index in [9.17, 15) is 4.79 Å². The molecule has 5 nitrogen and oxygen atoms in total. The number of aromatic nitrogens is 3. The van der Waals surface area contributed by atoms with Crippen LogP contribution in [0.3, 0.4) is 0 Å². The van der Waals surface area contributed by atoms with Crippen LogP contribution in [0.15, 0.2) is 59.8 Å². The molecule has 0 N–H and O–H groups in total. The van der Waals surface area contributed by atoms with Crippen molar-refractivity contribution in [3.05, 3.63) is 65.3 Å². The number of terminal acetylenes is 1. The molecule has 0 radical (unpaired) electrons. The highest BCUT2D eigenvalue weighted by Crippen LogP contribution is 2.16. The molecular formula is C16H13N3O2. The van der Waals surface area contributed by atoms with Crippen LogP contribution in [0.2, 0.25) is 0 Å². The largest absolute Gasteiger partial charge is 0.497 e. The standard InChI is InChI=1S/C11H8N2O2.C5H5N/c1-3-13-11(14)10-5-4-9(15-2)6-8(10)7-12-13;1-2-4-6-5-3-1/h1,4-7H,2H3;1-5H. The molecule has 0 saturated heterocycles. The third kappa shape index (κ3) is 3.45. The van der Waals surface area contributed by atoms with E-state index in [-0.39, 0.29) is 5.56 Å². The molecule has 0 fully saturated rings. The highest BCUT2D eigenvalue weighted by atomic mass is 16.5. The molecule has 5 heteroatoms. The fraction of sp³-hybridized carbons (Fsp3) is 0.0625. The van der Waals surface area contributed by atoms with Gasteiger partial charge in [-0.3, -0.25) is 9.78 Å². The molecule has 3 aromatic rings. The minimum Gasteiger partial charge on any atom is -0.497 e. The lowest BCUT2D eigenvalue weighted by molar-refractivity contribution is 0.415. The van der Waals surface area contributed by atoms with Crippen molar-refractivity contribution in [3.63, 3.8) is 0 Å². The Morgan fingerprint density at radius 2 is 2.00 bits per heavy atom. The van der Waals surface area contributed by atoms with E-state index >= 15 is 0 Å². The van der Waals surface area contributed by atoms with Crippen molar-refractivity contribution < 1.29 is 4.74 Å². The maximum atomic E-state index is 11.7. The molecule has 1 aromatic carbocycles. The smallest absolute Gasteiger partial charge is 0.286 e. The zero-order valence-electron chi connectivity index (χ0n) is 11.4. The first-order valence-corrected chi connectivity index (χ1v) is 6.14. The Bertz CT molecular complexity index is 794. The van der Waals surface area contributed by atoms with Crippen LogP contribution in [-0.2, 0) is 0 Å². The van der Waals surface area contributed by atoms with Crippen molar-refractivity contribution in [1.29, 1.82) is 0 Å². The molecule has 2 aromatic heterocycles. The van der Waals surface area contributed by atoms with Crippen LogP contribution in [0.1, 0.15) is 0 Å². The van der Waals surface area contributed by atoms with Crippen LogP contribution in [0.25, 0.3) is 10.8 Å². The van der Waals surface area contributed by atoms with Crippen LogP contribution in [0.4, 0.5) is 0 Å². The van der Waals surface area contributed by atoms with Gasteiger partial charge in [-0.25, -0.2) is 0 Å². The first-order valence-electron chi connectivity index (χ1n) is 6.14. The third-order valence-electron chi connectivity index (χ3n) is 2.68. The van der Waals surface area contributed by atoms with Crippen molar-refractivity contribution in [3.8, 4) is 18.2 Å². The lowest BCUT2D eigenvalue weighted by Gasteiger charge is -2.02. The maximum Gasteiger partial charge on any atom is 0.286 e. The zero-order valence-corrected chi connectivity index (χ0v) is 11.4. The minimum atomic E-state index is -0.294. The normalized spacial score (nSPS) is 9.33. The number of rotatable bonds is 1. The lowest BCUT2D eigenvalue weighted by Crippen LogP contribution is -2.18. The van der Waals surface area contributed by atoms with E-state index in [0.717, 1.165) is 4.68 Å². The molecule has 21 heavy (non-hydrogen) atoms. The van der Waals surface area contributed by atoms with E-state index in [4.69, 9.17) is 11.2 Å². The summed E-state index contributed by atoms with van der Waals surface area (Å²) >= 11 is 0. The Morgan fingerprint density at radius 3 is 2.52 bits per heavy atom. The summed E-state index contributed by atoms with van der Waals surface area (Å²) in [5.74, 6) is 0.683. The van der Waals surface area contributed by atoms with Gasteiger partial charge in [-0.2, -0.15) is 9.78 Å². The summed E-state index contributed by atoms with van der Waals surface area (Å²) in [5, 5.41) is 5.06. The first-order chi connectivity index (χ1) is 10.3. The second-order valence-electron chi connectivity index (χ2n) is 3.97. The topological polar surface area (TPSA) is 57.0 Å². The first kappa shape index (κ1) is 14.3. The van der Waals surface area contributed by atoms with Gasteiger partial charge in [0.1, 0.15) is 5.75 Å². The summed E-state index contributed by atoms with van der Waals surface area (Å²) in [6, 6.07) is 13.0. The Labute approximate surface area is 121 Å². The van der Waals surface area contributed by atoms with Crippen molar-refractivity contribution in [2.24, 2.45) is 0 Å². The molecule has 2 heterocycles. The maximum absolute atomic E-state index is 11.7. The number of fused-ring (bicyclic) bond motifs is 1. The Hall–Kier alpha value is -3.13.